The van der Waals surface area contributed by atoms with Crippen molar-refractivity contribution >= 4 is 0 Å². The second-order valence-electron chi connectivity index (χ2n) is 2.64. The van der Waals surface area contributed by atoms with Crippen LogP contribution in [0.15, 0.2) is 0 Å². The summed E-state index contributed by atoms with van der Waals surface area (Å²) in [7, 11) is 0. The van der Waals surface area contributed by atoms with Gasteiger partial charge in [-0.05, 0) is 0 Å². The number of rotatable bonds is 2. The van der Waals surface area contributed by atoms with E-state index in [-0.39, 0.29) is 12.5 Å². The molecule has 0 aliphatic carbocycles. The molecule has 1 saturated heterocycles. The Morgan fingerprint density at radius 3 is 2.60 bits per heavy atom. The monoisotopic (exact) mass is 147 g/mol. The zero-order valence-electron chi connectivity index (χ0n) is 5.70. The first-order valence-corrected chi connectivity index (χ1v) is 3.43. The lowest BCUT2D eigenvalue weighted by Crippen LogP contribution is -2.32. The van der Waals surface area contributed by atoms with Crippen LogP contribution in [-0.4, -0.2) is 47.2 Å². The molecule has 1 aliphatic heterocycles. The Hall–Kier alpha value is -0.160. The van der Waals surface area contributed by atoms with Crippen molar-refractivity contribution in [3.8, 4) is 0 Å². The van der Waals surface area contributed by atoms with Gasteiger partial charge in [-0.25, -0.2) is 0 Å². The first-order valence-electron chi connectivity index (χ1n) is 3.43. The molecular formula is C6H13NO3. The normalized spacial score (nSPS) is 36.3. The Morgan fingerprint density at radius 2 is 2.20 bits per heavy atom. The fourth-order valence-corrected chi connectivity index (χ4v) is 1.21. The number of aliphatic hydroxyl groups is 3. The van der Waals surface area contributed by atoms with E-state index in [1.165, 1.54) is 0 Å². The summed E-state index contributed by atoms with van der Waals surface area (Å²) in [4.78, 5) is 0. The van der Waals surface area contributed by atoms with Gasteiger partial charge in [-0.3, -0.25) is 0 Å². The summed E-state index contributed by atoms with van der Waals surface area (Å²) in [6, 6.07) is 0. The van der Waals surface area contributed by atoms with Gasteiger partial charge in [0.25, 0.3) is 0 Å². The molecule has 4 heteroatoms. The lowest BCUT2D eigenvalue weighted by molar-refractivity contribution is 0.00704. The van der Waals surface area contributed by atoms with Gasteiger partial charge in [-0.15, -0.1) is 0 Å². The topological polar surface area (TPSA) is 72.7 Å². The van der Waals surface area contributed by atoms with Crippen LogP contribution < -0.4 is 5.32 Å². The minimum atomic E-state index is -0.787. The Labute approximate surface area is 59.5 Å². The predicted octanol–water partition coefficient (Wildman–Crippen LogP) is -2.08. The molecule has 3 atom stereocenters. The predicted molar refractivity (Wildman–Crippen MR) is 35.5 cm³/mol. The molecule has 0 spiro atoms. The van der Waals surface area contributed by atoms with E-state index in [9.17, 15) is 0 Å². The first kappa shape index (κ1) is 7.94. The Balaban J connectivity index is 2.38. The largest absolute Gasteiger partial charge is 0.394 e. The molecule has 0 radical (unpaired) electrons. The van der Waals surface area contributed by atoms with Crippen LogP contribution in [0.4, 0.5) is 0 Å². The van der Waals surface area contributed by atoms with Gasteiger partial charge in [0.15, 0.2) is 0 Å². The van der Waals surface area contributed by atoms with Crippen molar-refractivity contribution in [1.82, 2.24) is 5.32 Å². The summed E-state index contributed by atoms with van der Waals surface area (Å²) in [5, 5.41) is 29.7. The molecule has 0 aromatic heterocycles. The molecule has 10 heavy (non-hydrogen) atoms. The molecule has 0 aromatic rings. The Kier molecular flexibility index (Phi) is 2.62. The van der Waals surface area contributed by atoms with Crippen molar-refractivity contribution in [2.75, 3.05) is 19.7 Å². The lowest BCUT2D eigenvalue weighted by atomic mass is 10.0. The fraction of sp³-hybridized carbons (Fsp3) is 1.00. The molecular weight excluding hydrogens is 134 g/mol. The van der Waals surface area contributed by atoms with E-state index < -0.39 is 12.2 Å². The van der Waals surface area contributed by atoms with Crippen molar-refractivity contribution in [2.45, 2.75) is 12.2 Å². The van der Waals surface area contributed by atoms with Gasteiger partial charge in [-0.2, -0.15) is 0 Å². The third-order valence-corrected chi connectivity index (χ3v) is 1.91. The maximum Gasteiger partial charge on any atom is 0.0836 e. The molecule has 1 fully saturated rings. The van der Waals surface area contributed by atoms with Crippen molar-refractivity contribution in [1.29, 1.82) is 0 Å². The van der Waals surface area contributed by atoms with E-state index in [1.54, 1.807) is 0 Å². The molecule has 1 rings (SSSR count). The van der Waals surface area contributed by atoms with Crippen molar-refractivity contribution < 1.29 is 15.3 Å². The smallest absolute Gasteiger partial charge is 0.0836 e. The number of β-amino-alcohol motifs (C(OH)–C–C–N with tert-alkyl or cyclic N) is 1. The third-order valence-electron chi connectivity index (χ3n) is 1.91. The average Bonchev–Trinajstić information content (AvgIpc) is 2.34. The molecule has 4 N–H and O–H groups in total. The second kappa shape index (κ2) is 3.30. The van der Waals surface area contributed by atoms with Crippen LogP contribution >= 0.6 is 0 Å². The zero-order valence-corrected chi connectivity index (χ0v) is 5.70. The standard InChI is InChI=1S/C6H13NO3/c8-3-6(10)4-1-7-2-5(4)9/h4-10H,1-3H2/t4-,5-,6-/m1/s1. The number of nitrogens with one attached hydrogen (secondary N) is 1. The maximum atomic E-state index is 9.16. The molecule has 0 bridgehead atoms. The molecule has 60 valence electrons. The summed E-state index contributed by atoms with van der Waals surface area (Å²) < 4.78 is 0. The molecule has 0 amide bonds. The summed E-state index contributed by atoms with van der Waals surface area (Å²) in [6.45, 7) is 0.827. The van der Waals surface area contributed by atoms with Crippen LogP contribution in [0.1, 0.15) is 0 Å². The highest BCUT2D eigenvalue weighted by molar-refractivity contribution is 4.84. The van der Waals surface area contributed by atoms with Gasteiger partial charge in [0.05, 0.1) is 18.8 Å². The summed E-state index contributed by atoms with van der Waals surface area (Å²) in [6.07, 6.45) is -1.30. The van der Waals surface area contributed by atoms with Gasteiger partial charge in [0.2, 0.25) is 0 Å². The fourth-order valence-electron chi connectivity index (χ4n) is 1.21. The average molecular weight is 147 g/mol. The third kappa shape index (κ3) is 1.46. The van der Waals surface area contributed by atoms with Gasteiger partial charge in [0, 0.05) is 19.0 Å². The van der Waals surface area contributed by atoms with E-state index in [0.29, 0.717) is 13.1 Å². The number of hydrogen-bond acceptors (Lipinski definition) is 4. The highest BCUT2D eigenvalue weighted by Gasteiger charge is 2.30. The van der Waals surface area contributed by atoms with Crippen LogP contribution in [0.25, 0.3) is 0 Å². The van der Waals surface area contributed by atoms with Gasteiger partial charge in [0.1, 0.15) is 0 Å². The van der Waals surface area contributed by atoms with E-state index in [2.05, 4.69) is 5.32 Å². The van der Waals surface area contributed by atoms with Crippen LogP contribution in [0, 0.1) is 5.92 Å². The van der Waals surface area contributed by atoms with Crippen LogP contribution in [-0.2, 0) is 0 Å². The van der Waals surface area contributed by atoms with E-state index in [1.807, 2.05) is 0 Å². The van der Waals surface area contributed by atoms with Crippen LogP contribution in [0.3, 0.4) is 0 Å². The van der Waals surface area contributed by atoms with Crippen molar-refractivity contribution in [2.24, 2.45) is 5.92 Å². The molecule has 1 aliphatic rings. The summed E-state index contributed by atoms with van der Waals surface area (Å²) in [5.74, 6) is -0.204. The van der Waals surface area contributed by atoms with Crippen LogP contribution in [0.5, 0.6) is 0 Å². The Morgan fingerprint density at radius 1 is 1.50 bits per heavy atom. The lowest BCUT2D eigenvalue weighted by Gasteiger charge is -2.17. The van der Waals surface area contributed by atoms with E-state index >= 15 is 0 Å². The van der Waals surface area contributed by atoms with Gasteiger partial charge >= 0.3 is 0 Å². The van der Waals surface area contributed by atoms with Gasteiger partial charge < -0.3 is 20.6 Å². The van der Waals surface area contributed by atoms with Gasteiger partial charge in [-0.1, -0.05) is 0 Å². The second-order valence-corrected chi connectivity index (χ2v) is 2.64. The highest BCUT2D eigenvalue weighted by Crippen LogP contribution is 2.12. The maximum absolute atomic E-state index is 9.16. The first-order chi connectivity index (χ1) is 4.75. The Bertz CT molecular complexity index is 109. The molecule has 0 saturated carbocycles. The zero-order chi connectivity index (χ0) is 7.56. The van der Waals surface area contributed by atoms with E-state index in [0.717, 1.165) is 0 Å². The number of aliphatic hydroxyl groups excluding tert-OH is 3. The number of hydrogen-bond donors (Lipinski definition) is 4. The minimum Gasteiger partial charge on any atom is -0.394 e. The molecule has 0 unspecified atom stereocenters. The van der Waals surface area contributed by atoms with Crippen LogP contribution in [0.2, 0.25) is 0 Å². The quantitative estimate of drug-likeness (QED) is 0.362. The molecule has 0 aromatic carbocycles. The summed E-state index contributed by atoms with van der Waals surface area (Å²) >= 11 is 0. The SMILES string of the molecule is OC[C@@H](O)[C@@H]1CNC[C@H]1O. The van der Waals surface area contributed by atoms with Crippen molar-refractivity contribution in [3.63, 3.8) is 0 Å². The minimum absolute atomic E-state index is 0.204. The highest BCUT2D eigenvalue weighted by atomic mass is 16.3. The van der Waals surface area contributed by atoms with Crippen molar-refractivity contribution in [3.05, 3.63) is 0 Å². The molecule has 4 nitrogen and oxygen atoms in total. The molecule has 1 heterocycles. The van der Waals surface area contributed by atoms with E-state index in [4.69, 9.17) is 15.3 Å². The summed E-state index contributed by atoms with van der Waals surface area (Å²) in [5.41, 5.74) is 0.